The normalized spacial score (nSPS) is 18.9. The van der Waals surface area contributed by atoms with Crippen LogP contribution in [0.2, 0.25) is 0 Å². The second kappa shape index (κ2) is 4.85. The maximum atomic E-state index is 5.76. The third-order valence-corrected chi connectivity index (χ3v) is 3.36. The smallest absolute Gasteiger partial charge is 0.0316 e. The predicted octanol–water partition coefficient (Wildman–Crippen LogP) is 1.32. The summed E-state index contributed by atoms with van der Waals surface area (Å²) >= 11 is 0. The summed E-state index contributed by atoms with van der Waals surface area (Å²) in [6.07, 6.45) is 0. The molecule has 1 saturated heterocycles. The predicted molar refractivity (Wildman–Crippen MR) is 68.4 cm³/mol. The van der Waals surface area contributed by atoms with Crippen LogP contribution < -0.4 is 5.73 Å². The zero-order valence-electron chi connectivity index (χ0n) is 10.2. The number of nitrogen functional groups attached to an aromatic ring is 1. The number of anilines is 1. The second-order valence-electron chi connectivity index (χ2n) is 4.77. The van der Waals surface area contributed by atoms with E-state index >= 15 is 0 Å². The highest BCUT2D eigenvalue weighted by molar-refractivity contribution is 5.44. The molecule has 16 heavy (non-hydrogen) atoms. The van der Waals surface area contributed by atoms with E-state index in [1.165, 1.54) is 37.3 Å². The van der Waals surface area contributed by atoms with Crippen molar-refractivity contribution >= 4 is 5.69 Å². The van der Waals surface area contributed by atoms with Crippen LogP contribution in [0.5, 0.6) is 0 Å². The van der Waals surface area contributed by atoms with Crippen LogP contribution in [-0.4, -0.2) is 43.0 Å². The molecule has 0 bridgehead atoms. The topological polar surface area (TPSA) is 32.5 Å². The van der Waals surface area contributed by atoms with Gasteiger partial charge in [0.1, 0.15) is 0 Å². The first-order valence-corrected chi connectivity index (χ1v) is 5.91. The van der Waals surface area contributed by atoms with Crippen molar-refractivity contribution in [1.82, 2.24) is 9.80 Å². The van der Waals surface area contributed by atoms with Crippen molar-refractivity contribution in [3.63, 3.8) is 0 Å². The zero-order chi connectivity index (χ0) is 11.5. The highest BCUT2D eigenvalue weighted by Crippen LogP contribution is 2.15. The lowest BCUT2D eigenvalue weighted by molar-refractivity contribution is 0.148. The third kappa shape index (κ3) is 2.74. The molecule has 1 aliphatic rings. The Balaban J connectivity index is 1.98. The number of nitrogens with two attached hydrogens (primary N) is 1. The standard InChI is InChI=1S/C13H21N3/c1-11-9-13(14)4-3-12(11)10-16-7-5-15(2)6-8-16/h3-4,9H,5-8,10,14H2,1-2H3. The van der Waals surface area contributed by atoms with E-state index in [4.69, 9.17) is 5.73 Å². The summed E-state index contributed by atoms with van der Waals surface area (Å²) in [5.41, 5.74) is 9.33. The highest BCUT2D eigenvalue weighted by Gasteiger charge is 2.14. The Morgan fingerprint density at radius 1 is 1.19 bits per heavy atom. The average Bonchev–Trinajstić information content (AvgIpc) is 2.25. The quantitative estimate of drug-likeness (QED) is 0.762. The van der Waals surface area contributed by atoms with Crippen molar-refractivity contribution in [2.75, 3.05) is 39.0 Å². The summed E-state index contributed by atoms with van der Waals surface area (Å²) < 4.78 is 0. The lowest BCUT2D eigenvalue weighted by Crippen LogP contribution is -2.43. The van der Waals surface area contributed by atoms with Gasteiger partial charge in [-0.3, -0.25) is 4.90 Å². The van der Waals surface area contributed by atoms with Gasteiger partial charge in [-0.15, -0.1) is 0 Å². The highest BCUT2D eigenvalue weighted by atomic mass is 15.2. The van der Waals surface area contributed by atoms with Crippen LogP contribution in [0.1, 0.15) is 11.1 Å². The summed E-state index contributed by atoms with van der Waals surface area (Å²) in [4.78, 5) is 4.89. The summed E-state index contributed by atoms with van der Waals surface area (Å²) in [5, 5.41) is 0. The molecule has 0 radical (unpaired) electrons. The van der Waals surface area contributed by atoms with E-state index < -0.39 is 0 Å². The van der Waals surface area contributed by atoms with Gasteiger partial charge in [-0.2, -0.15) is 0 Å². The zero-order valence-corrected chi connectivity index (χ0v) is 10.2. The van der Waals surface area contributed by atoms with E-state index in [0.717, 1.165) is 12.2 Å². The maximum Gasteiger partial charge on any atom is 0.0316 e. The molecule has 0 spiro atoms. The SMILES string of the molecule is Cc1cc(N)ccc1CN1CCN(C)CC1. The van der Waals surface area contributed by atoms with Crippen LogP contribution in [0.4, 0.5) is 5.69 Å². The van der Waals surface area contributed by atoms with Crippen LogP contribution in [0.25, 0.3) is 0 Å². The Labute approximate surface area is 97.8 Å². The molecule has 1 aromatic rings. The first kappa shape index (κ1) is 11.4. The Morgan fingerprint density at radius 3 is 2.50 bits per heavy atom. The molecule has 3 nitrogen and oxygen atoms in total. The van der Waals surface area contributed by atoms with Crippen molar-refractivity contribution in [3.05, 3.63) is 29.3 Å². The van der Waals surface area contributed by atoms with Gasteiger partial charge in [-0.25, -0.2) is 0 Å². The fourth-order valence-electron chi connectivity index (χ4n) is 2.14. The molecule has 0 aliphatic carbocycles. The Morgan fingerprint density at radius 2 is 1.88 bits per heavy atom. The van der Waals surface area contributed by atoms with Gasteiger partial charge in [0.05, 0.1) is 0 Å². The average molecular weight is 219 g/mol. The molecule has 0 unspecified atom stereocenters. The Kier molecular flexibility index (Phi) is 3.46. The van der Waals surface area contributed by atoms with Gasteiger partial charge in [0, 0.05) is 38.4 Å². The molecule has 0 atom stereocenters. The lowest BCUT2D eigenvalue weighted by Gasteiger charge is -2.32. The van der Waals surface area contributed by atoms with Gasteiger partial charge in [-0.1, -0.05) is 6.07 Å². The van der Waals surface area contributed by atoms with Crippen molar-refractivity contribution in [2.45, 2.75) is 13.5 Å². The monoisotopic (exact) mass is 219 g/mol. The molecular weight excluding hydrogens is 198 g/mol. The number of likely N-dealkylation sites (N-methyl/N-ethyl adjacent to an activating group) is 1. The number of nitrogens with zero attached hydrogens (tertiary/aromatic N) is 2. The fraction of sp³-hybridized carbons (Fsp3) is 0.538. The molecule has 2 rings (SSSR count). The van der Waals surface area contributed by atoms with Gasteiger partial charge in [0.25, 0.3) is 0 Å². The fourth-order valence-corrected chi connectivity index (χ4v) is 2.14. The molecular formula is C13H21N3. The summed E-state index contributed by atoms with van der Waals surface area (Å²) in [6, 6.07) is 6.22. The van der Waals surface area contributed by atoms with Crippen LogP contribution in [0, 0.1) is 6.92 Å². The number of benzene rings is 1. The van der Waals surface area contributed by atoms with Crippen molar-refractivity contribution in [1.29, 1.82) is 0 Å². The Bertz CT molecular complexity index is 354. The van der Waals surface area contributed by atoms with Gasteiger partial charge in [-0.05, 0) is 37.2 Å². The first-order chi connectivity index (χ1) is 7.65. The minimum atomic E-state index is 0.861. The molecule has 2 N–H and O–H groups in total. The molecule has 0 aromatic heterocycles. The van der Waals surface area contributed by atoms with Crippen molar-refractivity contribution < 1.29 is 0 Å². The molecule has 1 fully saturated rings. The molecule has 3 heteroatoms. The Hall–Kier alpha value is -1.06. The van der Waals surface area contributed by atoms with E-state index in [0.29, 0.717) is 0 Å². The lowest BCUT2D eigenvalue weighted by atomic mass is 10.1. The number of piperazine rings is 1. The maximum absolute atomic E-state index is 5.76. The van der Waals surface area contributed by atoms with Crippen molar-refractivity contribution in [3.8, 4) is 0 Å². The van der Waals surface area contributed by atoms with E-state index in [2.05, 4.69) is 35.9 Å². The molecule has 0 amide bonds. The van der Waals surface area contributed by atoms with Gasteiger partial charge >= 0.3 is 0 Å². The summed E-state index contributed by atoms with van der Waals surface area (Å²) in [5.74, 6) is 0. The van der Waals surface area contributed by atoms with Gasteiger partial charge in [0.15, 0.2) is 0 Å². The van der Waals surface area contributed by atoms with Gasteiger partial charge < -0.3 is 10.6 Å². The summed E-state index contributed by atoms with van der Waals surface area (Å²) in [6.45, 7) is 7.88. The molecule has 1 aliphatic heterocycles. The largest absolute Gasteiger partial charge is 0.399 e. The second-order valence-corrected chi connectivity index (χ2v) is 4.77. The molecule has 1 aromatic carbocycles. The number of hydrogen-bond donors (Lipinski definition) is 1. The van der Waals surface area contributed by atoms with Crippen LogP contribution >= 0.6 is 0 Å². The summed E-state index contributed by atoms with van der Waals surface area (Å²) in [7, 11) is 2.19. The van der Waals surface area contributed by atoms with Crippen LogP contribution in [-0.2, 0) is 6.54 Å². The van der Waals surface area contributed by atoms with E-state index in [1.54, 1.807) is 0 Å². The van der Waals surface area contributed by atoms with Gasteiger partial charge in [0.2, 0.25) is 0 Å². The molecule has 0 saturated carbocycles. The minimum Gasteiger partial charge on any atom is -0.399 e. The van der Waals surface area contributed by atoms with Crippen molar-refractivity contribution in [2.24, 2.45) is 0 Å². The number of hydrogen-bond acceptors (Lipinski definition) is 3. The minimum absolute atomic E-state index is 0.861. The van der Waals surface area contributed by atoms with Crippen LogP contribution in [0.15, 0.2) is 18.2 Å². The molecule has 88 valence electrons. The number of rotatable bonds is 2. The van der Waals surface area contributed by atoms with Crippen LogP contribution in [0.3, 0.4) is 0 Å². The third-order valence-electron chi connectivity index (χ3n) is 3.36. The molecule has 1 heterocycles. The first-order valence-electron chi connectivity index (χ1n) is 5.91. The number of aryl methyl sites for hydroxylation is 1. The van der Waals surface area contributed by atoms with E-state index in [-0.39, 0.29) is 0 Å². The van der Waals surface area contributed by atoms with E-state index in [1.807, 2.05) is 6.07 Å². The van der Waals surface area contributed by atoms with E-state index in [9.17, 15) is 0 Å².